The number of Topliss-reactive ketones (excluding diaryl/α,β-unsaturated/α-hetero) is 1. The zero-order valence-electron chi connectivity index (χ0n) is 34.7. The SMILES string of the molecule is CC[C@H](C)[C@@H]([C@@H](CC(=O)N1C[C@H](OC)CC1[C@H](OC)[C@@H](C)C(=O)NCC(=O)c1ccc(F)cc1C)OC)N(C)C(=O)[C@@H](NC(=O)[C@@H](NC)C(C)C)C(C)C. The van der Waals surface area contributed by atoms with E-state index in [1.54, 1.807) is 44.9 Å². The predicted octanol–water partition coefficient (Wildman–Crippen LogP) is 3.36. The van der Waals surface area contributed by atoms with Crippen LogP contribution in [0.25, 0.3) is 0 Å². The van der Waals surface area contributed by atoms with Crippen molar-refractivity contribution in [3.05, 3.63) is 35.1 Å². The van der Waals surface area contributed by atoms with E-state index in [0.29, 0.717) is 24.0 Å². The van der Waals surface area contributed by atoms with Crippen molar-refractivity contribution in [2.24, 2.45) is 23.7 Å². The fourth-order valence-corrected chi connectivity index (χ4v) is 7.56. The molecular weight excluding hydrogens is 697 g/mol. The molecule has 9 atom stereocenters. The van der Waals surface area contributed by atoms with Gasteiger partial charge in [-0.15, -0.1) is 0 Å². The number of ether oxygens (including phenoxy) is 3. The van der Waals surface area contributed by atoms with Crippen molar-refractivity contribution in [1.29, 1.82) is 0 Å². The number of carbonyl (C=O) groups is 5. The minimum atomic E-state index is -0.799. The highest BCUT2D eigenvalue weighted by molar-refractivity contribution is 6.00. The van der Waals surface area contributed by atoms with E-state index in [-0.39, 0.29) is 66.9 Å². The summed E-state index contributed by atoms with van der Waals surface area (Å²) in [7, 11) is 7.97. The Morgan fingerprint density at radius 2 is 1.59 bits per heavy atom. The molecule has 1 aromatic carbocycles. The Bertz CT molecular complexity index is 1430. The van der Waals surface area contributed by atoms with Crippen LogP contribution in [-0.4, -0.2) is 130 Å². The molecule has 14 heteroatoms. The average Bonchev–Trinajstić information content (AvgIpc) is 3.56. The first-order valence-electron chi connectivity index (χ1n) is 19.1. The molecule has 54 heavy (non-hydrogen) atoms. The fraction of sp³-hybridized carbons (Fsp3) is 0.725. The predicted molar refractivity (Wildman–Crippen MR) is 205 cm³/mol. The Morgan fingerprint density at radius 3 is 2.09 bits per heavy atom. The number of hydrogen-bond donors (Lipinski definition) is 3. The second-order valence-electron chi connectivity index (χ2n) is 15.3. The third-order valence-corrected chi connectivity index (χ3v) is 11.0. The highest BCUT2D eigenvalue weighted by Crippen LogP contribution is 2.31. The molecule has 306 valence electrons. The number of nitrogens with zero attached hydrogens (tertiary/aromatic N) is 2. The maximum absolute atomic E-state index is 14.3. The standard InChI is InChI=1S/C40H66FN5O8/c1-14-24(6)36(45(10)40(51)35(23(4)5)44-39(50)34(42-9)22(2)3)32(53-12)19-33(48)46-21-28(52-11)18-30(46)37(54-13)26(8)38(49)43-20-31(47)29-16-15-27(41)17-25(29)7/h15-17,22-24,26,28,30,32,34-37,42H,14,18-21H2,1-13H3,(H,43,49)(H,44,50)/t24-,26+,28+,30?,32+,34-,35-,36-,37+/m0/s1. The van der Waals surface area contributed by atoms with Crippen LogP contribution < -0.4 is 16.0 Å². The Morgan fingerprint density at radius 1 is 0.963 bits per heavy atom. The van der Waals surface area contributed by atoms with Crippen LogP contribution in [0.3, 0.4) is 0 Å². The van der Waals surface area contributed by atoms with Crippen molar-refractivity contribution in [3.63, 3.8) is 0 Å². The molecule has 4 amide bonds. The van der Waals surface area contributed by atoms with Gasteiger partial charge in [-0.05, 0) is 61.9 Å². The Labute approximate surface area is 321 Å². The van der Waals surface area contributed by atoms with Crippen molar-refractivity contribution in [1.82, 2.24) is 25.8 Å². The minimum Gasteiger partial charge on any atom is -0.380 e. The first kappa shape index (κ1) is 46.7. The zero-order chi connectivity index (χ0) is 41.0. The first-order chi connectivity index (χ1) is 25.4. The summed E-state index contributed by atoms with van der Waals surface area (Å²) in [4.78, 5) is 71.2. The highest BCUT2D eigenvalue weighted by Gasteiger charge is 2.45. The van der Waals surface area contributed by atoms with Gasteiger partial charge in [0.05, 0.1) is 55.3 Å². The molecule has 0 bridgehead atoms. The molecule has 1 fully saturated rings. The fourth-order valence-electron chi connectivity index (χ4n) is 7.56. The van der Waals surface area contributed by atoms with Crippen LogP contribution in [0.5, 0.6) is 0 Å². The summed E-state index contributed by atoms with van der Waals surface area (Å²) in [6, 6.07) is 1.55. The number of nitrogens with one attached hydrogen (secondary N) is 3. The number of likely N-dealkylation sites (N-methyl/N-ethyl adjacent to an activating group) is 2. The summed E-state index contributed by atoms with van der Waals surface area (Å²) in [5.74, 6) is -3.06. The van der Waals surface area contributed by atoms with Gasteiger partial charge in [0.2, 0.25) is 23.6 Å². The lowest BCUT2D eigenvalue weighted by molar-refractivity contribution is -0.147. The summed E-state index contributed by atoms with van der Waals surface area (Å²) in [6.07, 6.45) is -0.702. The van der Waals surface area contributed by atoms with Crippen molar-refractivity contribution >= 4 is 29.4 Å². The van der Waals surface area contributed by atoms with Crippen molar-refractivity contribution in [2.75, 3.05) is 48.5 Å². The number of halogens is 1. The van der Waals surface area contributed by atoms with Gasteiger partial charge in [-0.25, -0.2) is 4.39 Å². The van der Waals surface area contributed by atoms with E-state index in [9.17, 15) is 28.4 Å². The molecule has 1 saturated heterocycles. The molecule has 1 heterocycles. The van der Waals surface area contributed by atoms with Gasteiger partial charge < -0.3 is 40.0 Å². The summed E-state index contributed by atoms with van der Waals surface area (Å²) in [5.41, 5.74) is 0.788. The Hall–Kier alpha value is -3.46. The van der Waals surface area contributed by atoms with Crippen molar-refractivity contribution in [2.45, 2.75) is 117 Å². The van der Waals surface area contributed by atoms with E-state index in [0.717, 1.165) is 0 Å². The molecule has 0 aromatic heterocycles. The third kappa shape index (κ3) is 11.8. The largest absolute Gasteiger partial charge is 0.380 e. The first-order valence-corrected chi connectivity index (χ1v) is 19.1. The highest BCUT2D eigenvalue weighted by atomic mass is 19.1. The molecule has 1 aliphatic heterocycles. The maximum atomic E-state index is 14.3. The van der Waals surface area contributed by atoms with Crippen LogP contribution >= 0.6 is 0 Å². The molecule has 0 saturated carbocycles. The molecule has 0 radical (unpaired) electrons. The van der Waals surface area contributed by atoms with Gasteiger partial charge in [0.1, 0.15) is 11.9 Å². The summed E-state index contributed by atoms with van der Waals surface area (Å²) >= 11 is 0. The average molecular weight is 764 g/mol. The lowest BCUT2D eigenvalue weighted by atomic mass is 9.89. The van der Waals surface area contributed by atoms with Gasteiger partial charge in [-0.3, -0.25) is 24.0 Å². The number of amides is 4. The van der Waals surface area contributed by atoms with E-state index >= 15 is 0 Å². The van der Waals surface area contributed by atoms with Crippen molar-refractivity contribution in [3.8, 4) is 0 Å². The second kappa shape index (κ2) is 21.6. The van der Waals surface area contributed by atoms with E-state index in [2.05, 4.69) is 16.0 Å². The number of benzene rings is 1. The summed E-state index contributed by atoms with van der Waals surface area (Å²) < 4.78 is 31.1. The van der Waals surface area contributed by atoms with Gasteiger partial charge in [0, 0.05) is 40.5 Å². The molecule has 0 aliphatic carbocycles. The van der Waals surface area contributed by atoms with Crippen LogP contribution in [0.1, 0.15) is 83.7 Å². The lowest BCUT2D eigenvalue weighted by Crippen LogP contribution is -2.59. The molecule has 1 aromatic rings. The molecular formula is C40H66FN5O8. The molecule has 1 unspecified atom stereocenters. The third-order valence-electron chi connectivity index (χ3n) is 11.0. The molecule has 13 nitrogen and oxygen atoms in total. The molecule has 2 rings (SSSR count). The van der Waals surface area contributed by atoms with Crippen LogP contribution in [0, 0.1) is 36.4 Å². The Kier molecular flexibility index (Phi) is 18.7. The number of likely N-dealkylation sites (tertiary alicyclic amines) is 1. The van der Waals surface area contributed by atoms with Crippen LogP contribution in [0.4, 0.5) is 4.39 Å². The van der Waals surface area contributed by atoms with E-state index in [1.165, 1.54) is 32.4 Å². The number of hydrogen-bond acceptors (Lipinski definition) is 9. The lowest BCUT2D eigenvalue weighted by Gasteiger charge is -2.41. The smallest absolute Gasteiger partial charge is 0.245 e. The topological polar surface area (TPSA) is 156 Å². The monoisotopic (exact) mass is 763 g/mol. The summed E-state index contributed by atoms with van der Waals surface area (Å²) in [6.45, 7) is 14.9. The number of rotatable bonds is 21. The zero-order valence-corrected chi connectivity index (χ0v) is 34.7. The van der Waals surface area contributed by atoms with Crippen LogP contribution in [0.15, 0.2) is 18.2 Å². The molecule has 1 aliphatic rings. The summed E-state index contributed by atoms with van der Waals surface area (Å²) in [5, 5.41) is 8.69. The molecule has 3 N–H and O–H groups in total. The second-order valence-corrected chi connectivity index (χ2v) is 15.3. The van der Waals surface area contributed by atoms with Crippen LogP contribution in [-0.2, 0) is 33.4 Å². The van der Waals surface area contributed by atoms with E-state index in [4.69, 9.17) is 14.2 Å². The van der Waals surface area contributed by atoms with E-state index < -0.39 is 54.0 Å². The van der Waals surface area contributed by atoms with Crippen molar-refractivity contribution < 1.29 is 42.6 Å². The number of methoxy groups -OCH3 is 3. The number of carbonyl (C=O) groups excluding carboxylic acids is 5. The van der Waals surface area contributed by atoms with Gasteiger partial charge in [0.15, 0.2) is 5.78 Å². The van der Waals surface area contributed by atoms with E-state index in [1.807, 2.05) is 41.5 Å². The molecule has 0 spiro atoms. The number of ketones is 1. The normalized spacial score (nSPS) is 19.8. The van der Waals surface area contributed by atoms with Crippen LogP contribution in [0.2, 0.25) is 0 Å². The van der Waals surface area contributed by atoms with Gasteiger partial charge in [-0.1, -0.05) is 54.9 Å². The number of aryl methyl sites for hydroxylation is 1. The Balaban J connectivity index is 2.30. The van der Waals surface area contributed by atoms with Gasteiger partial charge >= 0.3 is 0 Å². The van der Waals surface area contributed by atoms with Gasteiger partial charge in [-0.2, -0.15) is 0 Å². The van der Waals surface area contributed by atoms with Gasteiger partial charge in [0.25, 0.3) is 0 Å². The minimum absolute atomic E-state index is 0.0101. The quantitative estimate of drug-likeness (QED) is 0.160. The maximum Gasteiger partial charge on any atom is 0.245 e.